The van der Waals surface area contributed by atoms with Crippen molar-refractivity contribution < 1.29 is 0 Å². The molecule has 0 aliphatic rings. The van der Waals surface area contributed by atoms with Gasteiger partial charge >= 0.3 is 0 Å². The van der Waals surface area contributed by atoms with Gasteiger partial charge in [0.25, 0.3) is 0 Å². The summed E-state index contributed by atoms with van der Waals surface area (Å²) in [7, 11) is 0. The predicted octanol–water partition coefficient (Wildman–Crippen LogP) is 3.65. The van der Waals surface area contributed by atoms with E-state index in [9.17, 15) is 0 Å². The van der Waals surface area contributed by atoms with Crippen LogP contribution < -0.4 is 11.1 Å². The monoisotopic (exact) mass is 308 g/mol. The molecule has 2 aromatic rings. The van der Waals surface area contributed by atoms with Gasteiger partial charge in [-0.05, 0) is 41.8 Å². The van der Waals surface area contributed by atoms with Crippen LogP contribution in [0.1, 0.15) is 11.1 Å². The Balaban J connectivity index is 1.73. The highest BCUT2D eigenvalue weighted by Crippen LogP contribution is 2.11. The molecule has 2 rings (SSSR count). The van der Waals surface area contributed by atoms with Crippen LogP contribution in [-0.2, 0) is 13.0 Å². The molecule has 20 heavy (non-hydrogen) atoms. The molecule has 0 radical (unpaired) electrons. The smallest absolute Gasteiger partial charge is 0.0406 e. The Morgan fingerprint density at radius 2 is 1.35 bits per heavy atom. The summed E-state index contributed by atoms with van der Waals surface area (Å²) in [6.07, 6.45) is 0.838. The largest absolute Gasteiger partial charge is 0.326 e. The fraction of sp³-hybridized carbons (Fsp3) is 0.250. The third-order valence-electron chi connectivity index (χ3n) is 3.06. The van der Waals surface area contributed by atoms with Gasteiger partial charge in [-0.25, -0.2) is 0 Å². The highest BCUT2D eigenvalue weighted by molar-refractivity contribution is 6.30. The van der Waals surface area contributed by atoms with E-state index in [1.165, 1.54) is 11.1 Å². The molecule has 3 N–H and O–H groups in total. The number of nitrogens with two attached hydrogens (primary N) is 1. The zero-order valence-corrected chi connectivity index (χ0v) is 12.7. The van der Waals surface area contributed by atoms with Crippen molar-refractivity contribution in [1.82, 2.24) is 5.32 Å². The zero-order chi connectivity index (χ0) is 14.4. The lowest BCUT2D eigenvalue weighted by atomic mass is 10.1. The molecule has 2 aromatic carbocycles. The molecule has 1 atom stereocenters. The van der Waals surface area contributed by atoms with E-state index in [4.69, 9.17) is 28.9 Å². The summed E-state index contributed by atoms with van der Waals surface area (Å²) in [5.74, 6) is 0. The average Bonchev–Trinajstić information content (AvgIpc) is 2.44. The van der Waals surface area contributed by atoms with Gasteiger partial charge in [0.1, 0.15) is 0 Å². The van der Waals surface area contributed by atoms with Crippen LogP contribution in [0.4, 0.5) is 0 Å². The second-order valence-electron chi connectivity index (χ2n) is 4.85. The summed E-state index contributed by atoms with van der Waals surface area (Å²) < 4.78 is 0. The van der Waals surface area contributed by atoms with Gasteiger partial charge in [0, 0.05) is 29.2 Å². The molecular weight excluding hydrogens is 291 g/mol. The molecule has 4 heteroatoms. The standard InChI is InChI=1S/C16H18Cl2N2/c17-14-5-1-12(2-6-14)9-16(19)11-20-10-13-3-7-15(18)8-4-13/h1-8,16,20H,9-11,19H2. The first kappa shape index (κ1) is 15.3. The third kappa shape index (κ3) is 5.14. The van der Waals surface area contributed by atoms with Crippen LogP contribution in [0.3, 0.4) is 0 Å². The topological polar surface area (TPSA) is 38.0 Å². The lowest BCUT2D eigenvalue weighted by Gasteiger charge is -2.13. The average molecular weight is 309 g/mol. The lowest BCUT2D eigenvalue weighted by Crippen LogP contribution is -2.35. The minimum absolute atomic E-state index is 0.0866. The molecule has 0 saturated carbocycles. The van der Waals surface area contributed by atoms with E-state index in [-0.39, 0.29) is 6.04 Å². The fourth-order valence-corrected chi connectivity index (χ4v) is 2.25. The highest BCUT2D eigenvalue weighted by atomic mass is 35.5. The Labute approximate surface area is 129 Å². The van der Waals surface area contributed by atoms with Gasteiger partial charge in [0.15, 0.2) is 0 Å². The number of rotatable bonds is 6. The van der Waals surface area contributed by atoms with Gasteiger partial charge in [-0.1, -0.05) is 47.5 Å². The van der Waals surface area contributed by atoms with Crippen molar-refractivity contribution in [3.63, 3.8) is 0 Å². The Morgan fingerprint density at radius 3 is 1.90 bits per heavy atom. The summed E-state index contributed by atoms with van der Waals surface area (Å²) >= 11 is 11.7. The van der Waals surface area contributed by atoms with Crippen molar-refractivity contribution >= 4 is 23.2 Å². The predicted molar refractivity (Wildman–Crippen MR) is 86.3 cm³/mol. The minimum atomic E-state index is 0.0866. The number of halogens is 2. The van der Waals surface area contributed by atoms with E-state index >= 15 is 0 Å². The van der Waals surface area contributed by atoms with Gasteiger partial charge in [-0.15, -0.1) is 0 Å². The van der Waals surface area contributed by atoms with E-state index in [2.05, 4.69) is 5.32 Å². The number of nitrogens with one attached hydrogen (secondary N) is 1. The van der Waals surface area contributed by atoms with Gasteiger partial charge in [0.2, 0.25) is 0 Å². The highest BCUT2D eigenvalue weighted by Gasteiger charge is 2.04. The maximum Gasteiger partial charge on any atom is 0.0406 e. The van der Waals surface area contributed by atoms with Gasteiger partial charge in [0.05, 0.1) is 0 Å². The Hall–Kier alpha value is -1.06. The third-order valence-corrected chi connectivity index (χ3v) is 3.56. The summed E-state index contributed by atoms with van der Waals surface area (Å²) in [5.41, 5.74) is 8.52. The van der Waals surface area contributed by atoms with E-state index in [0.29, 0.717) is 0 Å². The molecule has 2 nitrogen and oxygen atoms in total. The molecule has 0 spiro atoms. The summed E-state index contributed by atoms with van der Waals surface area (Å²) in [6, 6.07) is 15.7. The first-order valence-electron chi connectivity index (χ1n) is 6.58. The quantitative estimate of drug-likeness (QED) is 0.855. The summed E-state index contributed by atoms with van der Waals surface area (Å²) in [4.78, 5) is 0. The molecule has 0 saturated heterocycles. The second kappa shape index (κ2) is 7.65. The minimum Gasteiger partial charge on any atom is -0.326 e. The van der Waals surface area contributed by atoms with Crippen molar-refractivity contribution in [3.05, 3.63) is 69.7 Å². The summed E-state index contributed by atoms with van der Waals surface area (Å²) in [6.45, 7) is 1.57. The Kier molecular flexibility index (Phi) is 5.86. The second-order valence-corrected chi connectivity index (χ2v) is 5.72. The van der Waals surface area contributed by atoms with Crippen molar-refractivity contribution in [3.8, 4) is 0 Å². The Morgan fingerprint density at radius 1 is 0.850 bits per heavy atom. The van der Waals surface area contributed by atoms with Crippen molar-refractivity contribution in [2.75, 3.05) is 6.54 Å². The van der Waals surface area contributed by atoms with Crippen LogP contribution in [-0.4, -0.2) is 12.6 Å². The van der Waals surface area contributed by atoms with Crippen molar-refractivity contribution in [2.45, 2.75) is 19.0 Å². The zero-order valence-electron chi connectivity index (χ0n) is 11.2. The van der Waals surface area contributed by atoms with Gasteiger partial charge in [-0.3, -0.25) is 0 Å². The molecule has 0 heterocycles. The van der Waals surface area contributed by atoms with E-state index in [1.54, 1.807) is 0 Å². The van der Waals surface area contributed by atoms with Crippen LogP contribution in [0.25, 0.3) is 0 Å². The molecule has 0 amide bonds. The van der Waals surface area contributed by atoms with Gasteiger partial charge in [-0.2, -0.15) is 0 Å². The van der Waals surface area contributed by atoms with Crippen LogP contribution >= 0.6 is 23.2 Å². The molecule has 1 unspecified atom stereocenters. The van der Waals surface area contributed by atoms with E-state index < -0.39 is 0 Å². The molecule has 0 fully saturated rings. The van der Waals surface area contributed by atoms with Crippen LogP contribution in [0.2, 0.25) is 10.0 Å². The lowest BCUT2D eigenvalue weighted by molar-refractivity contribution is 0.573. The molecular formula is C16H18Cl2N2. The molecule has 0 aromatic heterocycles. The van der Waals surface area contributed by atoms with E-state index in [1.807, 2.05) is 48.5 Å². The normalized spacial score (nSPS) is 12.3. The van der Waals surface area contributed by atoms with Gasteiger partial charge < -0.3 is 11.1 Å². The summed E-state index contributed by atoms with van der Waals surface area (Å²) in [5, 5.41) is 4.87. The number of hydrogen-bond acceptors (Lipinski definition) is 2. The molecule has 0 bridgehead atoms. The van der Waals surface area contributed by atoms with Crippen molar-refractivity contribution in [2.24, 2.45) is 5.73 Å². The first-order valence-corrected chi connectivity index (χ1v) is 7.34. The van der Waals surface area contributed by atoms with Crippen LogP contribution in [0, 0.1) is 0 Å². The number of hydrogen-bond donors (Lipinski definition) is 2. The SMILES string of the molecule is NC(CNCc1ccc(Cl)cc1)Cc1ccc(Cl)cc1. The first-order chi connectivity index (χ1) is 9.63. The molecule has 0 aliphatic carbocycles. The maximum absolute atomic E-state index is 6.12. The van der Waals surface area contributed by atoms with Crippen LogP contribution in [0.5, 0.6) is 0 Å². The fourth-order valence-electron chi connectivity index (χ4n) is 2.00. The molecule has 106 valence electrons. The Bertz CT molecular complexity index is 523. The van der Waals surface area contributed by atoms with Crippen molar-refractivity contribution in [1.29, 1.82) is 0 Å². The maximum atomic E-state index is 6.12. The van der Waals surface area contributed by atoms with Crippen LogP contribution in [0.15, 0.2) is 48.5 Å². The number of benzene rings is 2. The molecule has 0 aliphatic heterocycles. The van der Waals surface area contributed by atoms with E-state index in [0.717, 1.165) is 29.6 Å².